The monoisotopic (exact) mass is 464 g/mol. The Morgan fingerprint density at radius 1 is 1.03 bits per heavy atom. The number of carbonyl (C=O) groups is 2. The largest absolute Gasteiger partial charge is 0.507 e. The highest BCUT2D eigenvalue weighted by Crippen LogP contribution is 2.39. The maximum Gasteiger partial charge on any atom is 0.295 e. The van der Waals surface area contributed by atoms with Crippen molar-refractivity contribution in [1.82, 2.24) is 9.80 Å². The summed E-state index contributed by atoms with van der Waals surface area (Å²) in [5.74, 6) is -0.660. The van der Waals surface area contributed by atoms with Gasteiger partial charge in [0.1, 0.15) is 11.5 Å². The van der Waals surface area contributed by atoms with E-state index < -0.39 is 17.7 Å². The Balaban J connectivity index is 1.69. The number of amides is 1. The fourth-order valence-corrected chi connectivity index (χ4v) is 4.36. The summed E-state index contributed by atoms with van der Waals surface area (Å²) in [6.07, 6.45) is 0.903. The molecule has 2 saturated heterocycles. The van der Waals surface area contributed by atoms with Gasteiger partial charge in [0.25, 0.3) is 11.7 Å². The van der Waals surface area contributed by atoms with E-state index in [4.69, 9.17) is 9.47 Å². The highest BCUT2D eigenvalue weighted by atomic mass is 16.5. The molecule has 2 aliphatic rings. The molecule has 7 heteroatoms. The van der Waals surface area contributed by atoms with Gasteiger partial charge in [-0.2, -0.15) is 0 Å². The molecule has 1 amide bonds. The van der Waals surface area contributed by atoms with Gasteiger partial charge in [0.2, 0.25) is 0 Å². The van der Waals surface area contributed by atoms with E-state index in [1.807, 2.05) is 50.2 Å². The number of aliphatic hydroxyl groups excluding tert-OH is 1. The van der Waals surface area contributed by atoms with Crippen LogP contribution >= 0.6 is 0 Å². The molecule has 1 atom stereocenters. The minimum atomic E-state index is -0.664. The quantitative estimate of drug-likeness (QED) is 0.366. The number of hydrogen-bond donors (Lipinski definition) is 1. The third kappa shape index (κ3) is 5.16. The lowest BCUT2D eigenvalue weighted by Crippen LogP contribution is -2.42. The summed E-state index contributed by atoms with van der Waals surface area (Å²) < 4.78 is 11.1. The second-order valence-corrected chi connectivity index (χ2v) is 8.73. The van der Waals surface area contributed by atoms with Crippen molar-refractivity contribution in [3.05, 3.63) is 70.8 Å². The molecule has 180 valence electrons. The third-order valence-corrected chi connectivity index (χ3v) is 6.29. The van der Waals surface area contributed by atoms with E-state index in [2.05, 4.69) is 4.90 Å². The van der Waals surface area contributed by atoms with E-state index in [-0.39, 0.29) is 11.3 Å². The van der Waals surface area contributed by atoms with Gasteiger partial charge in [0, 0.05) is 31.7 Å². The molecule has 34 heavy (non-hydrogen) atoms. The standard InChI is InChI=1S/C27H32N2O5/c1-3-16-34-22-10-8-20(9-11-22)24-23(25(30)21-6-4-19(2)5-7-21)26(31)27(32)29(24)13-12-28-14-17-33-18-15-28/h4-11,24,30H,3,12-18H2,1-2H3/t24-/m1/s1. The van der Waals surface area contributed by atoms with Crippen LogP contribution in [0.2, 0.25) is 0 Å². The lowest BCUT2D eigenvalue weighted by atomic mass is 9.95. The molecule has 2 fully saturated rings. The first-order chi connectivity index (χ1) is 16.5. The Bertz CT molecular complexity index is 1040. The zero-order valence-electron chi connectivity index (χ0n) is 19.8. The molecule has 2 aromatic rings. The number of benzene rings is 2. The lowest BCUT2D eigenvalue weighted by molar-refractivity contribution is -0.140. The zero-order chi connectivity index (χ0) is 24.1. The summed E-state index contributed by atoms with van der Waals surface area (Å²) in [5, 5.41) is 11.2. The summed E-state index contributed by atoms with van der Waals surface area (Å²) in [6.45, 7) is 8.54. The molecule has 0 aromatic heterocycles. The van der Waals surface area contributed by atoms with Gasteiger partial charge in [-0.15, -0.1) is 0 Å². The maximum atomic E-state index is 13.2. The van der Waals surface area contributed by atoms with Gasteiger partial charge in [-0.05, 0) is 31.0 Å². The van der Waals surface area contributed by atoms with Crippen LogP contribution in [0.1, 0.15) is 36.1 Å². The second-order valence-electron chi connectivity index (χ2n) is 8.73. The Labute approximate surface area is 200 Å². The number of likely N-dealkylation sites (tertiary alicyclic amines) is 1. The molecule has 0 radical (unpaired) electrons. The highest BCUT2D eigenvalue weighted by Gasteiger charge is 2.46. The van der Waals surface area contributed by atoms with Crippen LogP contribution < -0.4 is 4.74 Å². The first-order valence-electron chi connectivity index (χ1n) is 11.9. The third-order valence-electron chi connectivity index (χ3n) is 6.29. The number of rotatable bonds is 8. The molecule has 4 rings (SSSR count). The molecule has 0 bridgehead atoms. The Hall–Kier alpha value is -3.16. The predicted molar refractivity (Wildman–Crippen MR) is 130 cm³/mol. The van der Waals surface area contributed by atoms with Crippen molar-refractivity contribution in [1.29, 1.82) is 0 Å². The van der Waals surface area contributed by atoms with Crippen LogP contribution in [0.3, 0.4) is 0 Å². The first kappa shape index (κ1) is 24.0. The van der Waals surface area contributed by atoms with Crippen LogP contribution in [0.15, 0.2) is 54.1 Å². The molecule has 2 heterocycles. The van der Waals surface area contributed by atoms with Crippen LogP contribution in [0.5, 0.6) is 5.75 Å². The minimum absolute atomic E-state index is 0.123. The van der Waals surface area contributed by atoms with Crippen molar-refractivity contribution in [2.45, 2.75) is 26.3 Å². The minimum Gasteiger partial charge on any atom is -0.507 e. The summed E-state index contributed by atoms with van der Waals surface area (Å²) in [6, 6.07) is 14.0. The molecule has 0 aliphatic carbocycles. The topological polar surface area (TPSA) is 79.3 Å². The molecule has 2 aliphatic heterocycles. The van der Waals surface area contributed by atoms with Crippen LogP contribution in [-0.2, 0) is 14.3 Å². The van der Waals surface area contributed by atoms with E-state index in [1.165, 1.54) is 0 Å². The SMILES string of the molecule is CCCOc1ccc([C@@H]2C(=C(O)c3ccc(C)cc3)C(=O)C(=O)N2CCN2CCOCC2)cc1. The summed E-state index contributed by atoms with van der Waals surface area (Å²) in [4.78, 5) is 30.1. The fourth-order valence-electron chi connectivity index (χ4n) is 4.36. The highest BCUT2D eigenvalue weighted by molar-refractivity contribution is 6.46. The van der Waals surface area contributed by atoms with Gasteiger partial charge in [-0.25, -0.2) is 0 Å². The van der Waals surface area contributed by atoms with Crippen LogP contribution in [-0.4, -0.2) is 72.6 Å². The Kier molecular flexibility index (Phi) is 7.65. The van der Waals surface area contributed by atoms with Gasteiger partial charge >= 0.3 is 0 Å². The van der Waals surface area contributed by atoms with Crippen molar-refractivity contribution in [2.75, 3.05) is 46.0 Å². The van der Waals surface area contributed by atoms with E-state index in [9.17, 15) is 14.7 Å². The number of hydrogen-bond acceptors (Lipinski definition) is 6. The molecule has 2 aromatic carbocycles. The first-order valence-corrected chi connectivity index (χ1v) is 11.9. The van der Waals surface area contributed by atoms with Crippen molar-refractivity contribution >= 4 is 17.4 Å². The number of aryl methyl sites for hydroxylation is 1. The van der Waals surface area contributed by atoms with Crippen molar-refractivity contribution in [3.8, 4) is 5.75 Å². The van der Waals surface area contributed by atoms with Gasteiger partial charge in [0.05, 0.1) is 31.4 Å². The van der Waals surface area contributed by atoms with E-state index in [1.54, 1.807) is 17.0 Å². The average molecular weight is 465 g/mol. The molecular weight excluding hydrogens is 432 g/mol. The van der Waals surface area contributed by atoms with Crippen LogP contribution in [0, 0.1) is 6.92 Å². The van der Waals surface area contributed by atoms with Gasteiger partial charge in [-0.1, -0.05) is 48.9 Å². The molecule has 0 saturated carbocycles. The lowest BCUT2D eigenvalue weighted by Gasteiger charge is -2.31. The van der Waals surface area contributed by atoms with E-state index in [0.717, 1.165) is 36.4 Å². The fraction of sp³-hybridized carbons (Fsp3) is 0.407. The molecular formula is C27H32N2O5. The Morgan fingerprint density at radius 3 is 2.35 bits per heavy atom. The van der Waals surface area contributed by atoms with Gasteiger partial charge < -0.3 is 19.5 Å². The van der Waals surface area contributed by atoms with Gasteiger partial charge in [-0.3, -0.25) is 14.5 Å². The van der Waals surface area contributed by atoms with E-state index in [0.29, 0.717) is 38.5 Å². The number of ketones is 1. The molecule has 1 N–H and O–H groups in total. The number of aliphatic hydroxyl groups is 1. The number of morpholine rings is 1. The summed E-state index contributed by atoms with van der Waals surface area (Å²) >= 11 is 0. The molecule has 0 spiro atoms. The number of nitrogens with zero attached hydrogens (tertiary/aromatic N) is 2. The van der Waals surface area contributed by atoms with Crippen LogP contribution in [0.25, 0.3) is 5.76 Å². The maximum absolute atomic E-state index is 13.2. The van der Waals surface area contributed by atoms with Gasteiger partial charge in [0.15, 0.2) is 0 Å². The van der Waals surface area contributed by atoms with Crippen molar-refractivity contribution < 1.29 is 24.2 Å². The van der Waals surface area contributed by atoms with E-state index >= 15 is 0 Å². The number of ether oxygens (including phenoxy) is 2. The second kappa shape index (κ2) is 10.8. The molecule has 0 unspecified atom stereocenters. The number of Topliss-reactive ketones (excluding diaryl/α,β-unsaturated/α-hetero) is 1. The summed E-state index contributed by atoms with van der Waals surface area (Å²) in [7, 11) is 0. The zero-order valence-corrected chi connectivity index (χ0v) is 19.8. The number of carbonyl (C=O) groups excluding carboxylic acids is 2. The van der Waals surface area contributed by atoms with Crippen LogP contribution in [0.4, 0.5) is 0 Å². The van der Waals surface area contributed by atoms with Crippen molar-refractivity contribution in [2.24, 2.45) is 0 Å². The Morgan fingerprint density at radius 2 is 1.71 bits per heavy atom. The average Bonchev–Trinajstić information content (AvgIpc) is 3.12. The normalized spacial score (nSPS) is 20.6. The summed E-state index contributed by atoms with van der Waals surface area (Å²) in [5.41, 5.74) is 2.45. The smallest absolute Gasteiger partial charge is 0.295 e. The van der Waals surface area contributed by atoms with Crippen molar-refractivity contribution in [3.63, 3.8) is 0 Å². The predicted octanol–water partition coefficient (Wildman–Crippen LogP) is 3.54. The molecule has 7 nitrogen and oxygen atoms in total.